The molecule has 0 unspecified atom stereocenters. The van der Waals surface area contributed by atoms with Gasteiger partial charge in [0.2, 0.25) is 6.79 Å². The standard InChI is InChI=1S/C21H23N5O2/c1-15-9-11-21(12-10-15,22-16-5-3-2-4-6-16)20-23-24-25-26(20)17-7-8-18-19(13-17)28-14-27-18/h2-8,13,15,22H,9-12,14H2,1H3. The molecule has 5 rings (SSSR count). The summed E-state index contributed by atoms with van der Waals surface area (Å²) in [5, 5.41) is 16.6. The van der Waals surface area contributed by atoms with E-state index in [4.69, 9.17) is 9.47 Å². The molecule has 7 nitrogen and oxygen atoms in total. The number of anilines is 1. The summed E-state index contributed by atoms with van der Waals surface area (Å²) >= 11 is 0. The number of hydrogen-bond donors (Lipinski definition) is 1. The third-order valence-corrected chi connectivity index (χ3v) is 5.78. The zero-order valence-electron chi connectivity index (χ0n) is 15.8. The lowest BCUT2D eigenvalue weighted by Gasteiger charge is -2.39. The van der Waals surface area contributed by atoms with Crippen molar-refractivity contribution in [2.75, 3.05) is 12.1 Å². The van der Waals surface area contributed by atoms with Crippen LogP contribution in [0.2, 0.25) is 0 Å². The number of nitrogens with one attached hydrogen (secondary N) is 1. The van der Waals surface area contributed by atoms with Crippen molar-refractivity contribution in [2.24, 2.45) is 5.92 Å². The molecule has 28 heavy (non-hydrogen) atoms. The molecule has 1 aromatic heterocycles. The smallest absolute Gasteiger partial charge is 0.231 e. The number of nitrogens with zero attached hydrogens (tertiary/aromatic N) is 4. The van der Waals surface area contributed by atoms with Crippen molar-refractivity contribution in [3.8, 4) is 17.2 Å². The van der Waals surface area contributed by atoms with Gasteiger partial charge in [-0.25, -0.2) is 0 Å². The van der Waals surface area contributed by atoms with Gasteiger partial charge in [0, 0.05) is 11.8 Å². The van der Waals surface area contributed by atoms with Crippen LogP contribution in [-0.2, 0) is 5.54 Å². The summed E-state index contributed by atoms with van der Waals surface area (Å²) in [6.07, 6.45) is 4.23. The average Bonchev–Trinajstić information content (AvgIpc) is 3.40. The lowest BCUT2D eigenvalue weighted by Crippen LogP contribution is -2.41. The fourth-order valence-corrected chi connectivity index (χ4v) is 4.13. The maximum Gasteiger partial charge on any atom is 0.231 e. The van der Waals surface area contributed by atoms with E-state index in [-0.39, 0.29) is 12.3 Å². The molecule has 0 bridgehead atoms. The molecule has 2 heterocycles. The van der Waals surface area contributed by atoms with E-state index in [1.807, 2.05) is 41.1 Å². The van der Waals surface area contributed by atoms with Crippen molar-refractivity contribution in [1.29, 1.82) is 0 Å². The lowest BCUT2D eigenvalue weighted by atomic mass is 9.76. The highest BCUT2D eigenvalue weighted by Gasteiger charge is 2.41. The lowest BCUT2D eigenvalue weighted by molar-refractivity contribution is 0.174. The van der Waals surface area contributed by atoms with Gasteiger partial charge in [0.25, 0.3) is 0 Å². The molecule has 1 N–H and O–H groups in total. The predicted octanol–water partition coefficient (Wildman–Crippen LogP) is 3.91. The van der Waals surface area contributed by atoms with Crippen LogP contribution in [0.15, 0.2) is 48.5 Å². The van der Waals surface area contributed by atoms with Crippen LogP contribution >= 0.6 is 0 Å². The van der Waals surface area contributed by atoms with Crippen LogP contribution in [0.3, 0.4) is 0 Å². The number of aromatic nitrogens is 4. The third-order valence-electron chi connectivity index (χ3n) is 5.78. The van der Waals surface area contributed by atoms with E-state index >= 15 is 0 Å². The Morgan fingerprint density at radius 3 is 2.64 bits per heavy atom. The third kappa shape index (κ3) is 2.96. The second-order valence-electron chi connectivity index (χ2n) is 7.71. The van der Waals surface area contributed by atoms with Crippen molar-refractivity contribution in [1.82, 2.24) is 20.2 Å². The van der Waals surface area contributed by atoms with Gasteiger partial charge >= 0.3 is 0 Å². The van der Waals surface area contributed by atoms with Gasteiger partial charge in [-0.2, -0.15) is 4.68 Å². The van der Waals surface area contributed by atoms with Crippen LogP contribution in [0, 0.1) is 5.92 Å². The molecule has 1 aliphatic heterocycles. The maximum atomic E-state index is 5.54. The van der Waals surface area contributed by atoms with Crippen LogP contribution in [-0.4, -0.2) is 27.0 Å². The normalized spacial score (nSPS) is 23.5. The summed E-state index contributed by atoms with van der Waals surface area (Å²) in [6, 6.07) is 16.1. The Hall–Kier alpha value is -3.09. The zero-order chi connectivity index (χ0) is 19.0. The number of hydrogen-bond acceptors (Lipinski definition) is 6. The van der Waals surface area contributed by atoms with E-state index in [2.05, 4.69) is 39.9 Å². The molecule has 0 saturated heterocycles. The Morgan fingerprint density at radius 2 is 1.82 bits per heavy atom. The van der Waals surface area contributed by atoms with Crippen LogP contribution in [0.5, 0.6) is 11.5 Å². The molecule has 1 aliphatic carbocycles. The minimum Gasteiger partial charge on any atom is -0.454 e. The van der Waals surface area contributed by atoms with E-state index in [0.717, 1.165) is 54.4 Å². The summed E-state index contributed by atoms with van der Waals surface area (Å²) in [6.45, 7) is 2.56. The zero-order valence-corrected chi connectivity index (χ0v) is 15.8. The predicted molar refractivity (Wildman–Crippen MR) is 105 cm³/mol. The maximum absolute atomic E-state index is 5.54. The number of ether oxygens (including phenoxy) is 2. The van der Waals surface area contributed by atoms with Gasteiger partial charge in [-0.05, 0) is 66.3 Å². The molecule has 7 heteroatoms. The van der Waals surface area contributed by atoms with Crippen molar-refractivity contribution in [3.05, 3.63) is 54.4 Å². The molecule has 2 aliphatic rings. The molecule has 0 radical (unpaired) electrons. The summed E-state index contributed by atoms with van der Waals surface area (Å²) in [7, 11) is 0. The molecule has 3 aromatic rings. The van der Waals surface area contributed by atoms with Crippen LogP contribution in [0.4, 0.5) is 5.69 Å². The summed E-state index contributed by atoms with van der Waals surface area (Å²) in [5.74, 6) is 3.02. The number of tetrazole rings is 1. The van der Waals surface area contributed by atoms with Gasteiger partial charge in [0.05, 0.1) is 11.2 Å². The second kappa shape index (κ2) is 6.82. The van der Waals surface area contributed by atoms with E-state index in [9.17, 15) is 0 Å². The van der Waals surface area contributed by atoms with E-state index in [0.29, 0.717) is 5.92 Å². The SMILES string of the molecule is CC1CCC(Nc2ccccc2)(c2nnnn2-c2ccc3c(c2)OCO3)CC1. The first-order valence-electron chi connectivity index (χ1n) is 9.76. The van der Waals surface area contributed by atoms with Gasteiger partial charge < -0.3 is 14.8 Å². The Kier molecular flexibility index (Phi) is 4.15. The van der Waals surface area contributed by atoms with Crippen LogP contribution in [0.25, 0.3) is 5.69 Å². The molecule has 2 aromatic carbocycles. The van der Waals surface area contributed by atoms with Gasteiger partial charge in [-0.15, -0.1) is 5.10 Å². The van der Waals surface area contributed by atoms with Gasteiger partial charge in [0.15, 0.2) is 17.3 Å². The summed E-state index contributed by atoms with van der Waals surface area (Å²) < 4.78 is 12.8. The number of para-hydroxylation sites is 1. The molecular weight excluding hydrogens is 354 g/mol. The monoisotopic (exact) mass is 377 g/mol. The molecule has 1 saturated carbocycles. The molecule has 0 spiro atoms. The summed E-state index contributed by atoms with van der Waals surface area (Å²) in [5.41, 5.74) is 1.64. The van der Waals surface area contributed by atoms with Crippen molar-refractivity contribution < 1.29 is 9.47 Å². The Morgan fingerprint density at radius 1 is 1.04 bits per heavy atom. The van der Waals surface area contributed by atoms with Crippen molar-refractivity contribution in [2.45, 2.75) is 38.1 Å². The fourth-order valence-electron chi connectivity index (χ4n) is 4.13. The number of rotatable bonds is 4. The largest absolute Gasteiger partial charge is 0.454 e. The second-order valence-corrected chi connectivity index (χ2v) is 7.71. The van der Waals surface area contributed by atoms with Crippen molar-refractivity contribution >= 4 is 5.69 Å². The molecule has 0 atom stereocenters. The van der Waals surface area contributed by atoms with E-state index < -0.39 is 0 Å². The van der Waals surface area contributed by atoms with Gasteiger partial charge in [-0.1, -0.05) is 25.1 Å². The minimum atomic E-state index is -0.312. The fraction of sp³-hybridized carbons (Fsp3) is 0.381. The van der Waals surface area contributed by atoms with Crippen molar-refractivity contribution in [3.63, 3.8) is 0 Å². The summed E-state index contributed by atoms with van der Waals surface area (Å²) in [4.78, 5) is 0. The topological polar surface area (TPSA) is 74.1 Å². The van der Waals surface area contributed by atoms with Crippen LogP contribution in [0.1, 0.15) is 38.4 Å². The average molecular weight is 377 g/mol. The number of fused-ring (bicyclic) bond motifs is 1. The quantitative estimate of drug-likeness (QED) is 0.743. The molecular formula is C21H23N5O2. The number of benzene rings is 2. The Bertz CT molecular complexity index is 964. The highest BCUT2D eigenvalue weighted by molar-refractivity contribution is 5.51. The Balaban J connectivity index is 1.56. The van der Waals surface area contributed by atoms with E-state index in [1.54, 1.807) is 0 Å². The first-order valence-corrected chi connectivity index (χ1v) is 9.76. The van der Waals surface area contributed by atoms with E-state index in [1.165, 1.54) is 0 Å². The first-order chi connectivity index (χ1) is 13.7. The minimum absolute atomic E-state index is 0.249. The molecule has 0 amide bonds. The molecule has 1 fully saturated rings. The Labute approximate surface area is 163 Å². The highest BCUT2D eigenvalue weighted by atomic mass is 16.7. The highest BCUT2D eigenvalue weighted by Crippen LogP contribution is 2.42. The molecule has 144 valence electrons. The first kappa shape index (κ1) is 17.0. The van der Waals surface area contributed by atoms with Gasteiger partial charge in [0.1, 0.15) is 0 Å². The van der Waals surface area contributed by atoms with Crippen LogP contribution < -0.4 is 14.8 Å². The van der Waals surface area contributed by atoms with Gasteiger partial charge in [-0.3, -0.25) is 0 Å².